The second-order valence-corrected chi connectivity index (χ2v) is 8.94. The van der Waals surface area contributed by atoms with E-state index in [2.05, 4.69) is 4.98 Å². The maximum absolute atomic E-state index is 13.5. The monoisotopic (exact) mass is 437 g/mol. The summed E-state index contributed by atoms with van der Waals surface area (Å²) in [7, 11) is 0. The fraction of sp³-hybridized carbons (Fsp3) is 0.480. The van der Waals surface area contributed by atoms with Gasteiger partial charge < -0.3 is 14.4 Å². The molecule has 0 saturated carbocycles. The number of nitrogens with zero attached hydrogens (tertiary/aromatic N) is 3. The van der Waals surface area contributed by atoms with Crippen molar-refractivity contribution in [3.05, 3.63) is 53.9 Å². The maximum atomic E-state index is 13.5. The lowest BCUT2D eigenvalue weighted by Gasteiger charge is -2.37. The zero-order valence-electron chi connectivity index (χ0n) is 19.0. The van der Waals surface area contributed by atoms with Gasteiger partial charge in [-0.05, 0) is 61.1 Å². The topological polar surface area (TPSA) is 72.0 Å². The summed E-state index contributed by atoms with van der Waals surface area (Å²) < 4.78 is 11.8. The van der Waals surface area contributed by atoms with Crippen molar-refractivity contribution in [2.75, 3.05) is 24.6 Å². The number of benzene rings is 1. The van der Waals surface area contributed by atoms with Gasteiger partial charge in [-0.3, -0.25) is 19.5 Å². The highest BCUT2D eigenvalue weighted by Gasteiger charge is 2.38. The average molecular weight is 438 g/mol. The van der Waals surface area contributed by atoms with Crippen molar-refractivity contribution < 1.29 is 19.1 Å². The molecule has 32 heavy (non-hydrogen) atoms. The van der Waals surface area contributed by atoms with Crippen molar-refractivity contribution in [1.82, 2.24) is 9.88 Å². The first kappa shape index (κ1) is 22.3. The van der Waals surface area contributed by atoms with Crippen molar-refractivity contribution in [3.63, 3.8) is 0 Å². The van der Waals surface area contributed by atoms with Gasteiger partial charge in [0.05, 0.1) is 11.8 Å². The van der Waals surface area contributed by atoms with E-state index in [1.54, 1.807) is 22.2 Å². The average Bonchev–Trinajstić information content (AvgIpc) is 3.29. The third-order valence-electron chi connectivity index (χ3n) is 5.99. The molecule has 0 unspecified atom stereocenters. The highest BCUT2D eigenvalue weighted by molar-refractivity contribution is 6.04. The highest BCUT2D eigenvalue weighted by atomic mass is 16.5. The summed E-state index contributed by atoms with van der Waals surface area (Å²) in [5, 5.41) is 0. The van der Waals surface area contributed by atoms with Crippen LogP contribution in [0.25, 0.3) is 0 Å². The molecule has 1 aromatic carbocycles. The number of amides is 2. The quantitative estimate of drug-likeness (QED) is 0.664. The molecule has 170 valence electrons. The number of hydrogen-bond acceptors (Lipinski definition) is 5. The molecule has 1 aromatic heterocycles. The summed E-state index contributed by atoms with van der Waals surface area (Å²) in [4.78, 5) is 34.3. The third-order valence-corrected chi connectivity index (χ3v) is 5.99. The van der Waals surface area contributed by atoms with E-state index in [1.807, 2.05) is 51.1 Å². The molecule has 2 amide bonds. The van der Waals surface area contributed by atoms with Gasteiger partial charge in [0.15, 0.2) is 6.10 Å². The number of carbonyl (C=O) groups excluding carboxylic acids is 2. The molecule has 2 aromatic rings. The van der Waals surface area contributed by atoms with Crippen LogP contribution in [0.5, 0.6) is 5.75 Å². The molecule has 7 nitrogen and oxygen atoms in total. The van der Waals surface area contributed by atoms with E-state index >= 15 is 0 Å². The summed E-state index contributed by atoms with van der Waals surface area (Å²) in [6.07, 6.45) is 4.81. The molecule has 0 radical (unpaired) electrons. The molecule has 0 spiro atoms. The molecule has 0 aliphatic carbocycles. The second kappa shape index (κ2) is 9.69. The van der Waals surface area contributed by atoms with E-state index < -0.39 is 6.10 Å². The second-order valence-electron chi connectivity index (χ2n) is 8.94. The van der Waals surface area contributed by atoms with E-state index in [0.29, 0.717) is 24.5 Å². The number of hydrogen-bond donors (Lipinski definition) is 0. The van der Waals surface area contributed by atoms with Crippen LogP contribution in [0.2, 0.25) is 0 Å². The van der Waals surface area contributed by atoms with Crippen LogP contribution in [0.4, 0.5) is 5.69 Å². The van der Waals surface area contributed by atoms with Crippen molar-refractivity contribution in [2.24, 2.45) is 5.92 Å². The fourth-order valence-electron chi connectivity index (χ4n) is 4.21. The Morgan fingerprint density at radius 2 is 2.03 bits per heavy atom. The number of ether oxygens (including phenoxy) is 2. The number of aromatic nitrogens is 1. The zero-order valence-corrected chi connectivity index (χ0v) is 19.0. The minimum Gasteiger partial charge on any atom is -0.478 e. The van der Waals surface area contributed by atoms with Crippen LogP contribution in [0, 0.1) is 12.8 Å². The van der Waals surface area contributed by atoms with Gasteiger partial charge in [0, 0.05) is 32.1 Å². The van der Waals surface area contributed by atoms with E-state index in [4.69, 9.17) is 9.47 Å². The zero-order chi connectivity index (χ0) is 22.7. The summed E-state index contributed by atoms with van der Waals surface area (Å²) in [6.45, 7) is 7.53. The molecule has 4 rings (SSSR count). The summed E-state index contributed by atoms with van der Waals surface area (Å²) in [5.41, 5.74) is 2.66. The van der Waals surface area contributed by atoms with E-state index in [9.17, 15) is 9.59 Å². The third kappa shape index (κ3) is 4.93. The molecule has 1 saturated heterocycles. The smallest absolute Gasteiger partial charge is 0.268 e. The van der Waals surface area contributed by atoms with Crippen LogP contribution < -0.4 is 9.64 Å². The number of rotatable bonds is 7. The normalized spacial score (nSPS) is 20.2. The van der Waals surface area contributed by atoms with Gasteiger partial charge in [-0.1, -0.05) is 19.9 Å². The lowest BCUT2D eigenvalue weighted by atomic mass is 10.0. The number of anilines is 1. The van der Waals surface area contributed by atoms with Gasteiger partial charge in [0.25, 0.3) is 5.91 Å². The molecule has 0 bridgehead atoms. The predicted octanol–water partition coefficient (Wildman–Crippen LogP) is 3.35. The van der Waals surface area contributed by atoms with Crippen LogP contribution >= 0.6 is 0 Å². The summed E-state index contributed by atoms with van der Waals surface area (Å²) in [6, 6.07) is 9.56. The molecule has 2 aliphatic heterocycles. The van der Waals surface area contributed by atoms with Gasteiger partial charge in [0.1, 0.15) is 12.3 Å². The minimum absolute atomic E-state index is 0.00522. The molecule has 2 aliphatic rings. The van der Waals surface area contributed by atoms with Gasteiger partial charge >= 0.3 is 0 Å². The highest BCUT2D eigenvalue weighted by Crippen LogP contribution is 2.36. The first-order valence-corrected chi connectivity index (χ1v) is 11.3. The largest absolute Gasteiger partial charge is 0.478 e. The van der Waals surface area contributed by atoms with Crippen LogP contribution in [0.1, 0.15) is 37.8 Å². The molecule has 3 heterocycles. The van der Waals surface area contributed by atoms with Crippen LogP contribution in [0.15, 0.2) is 42.7 Å². The van der Waals surface area contributed by atoms with E-state index in [0.717, 1.165) is 30.6 Å². The van der Waals surface area contributed by atoms with E-state index in [1.165, 1.54) is 0 Å². The van der Waals surface area contributed by atoms with Crippen molar-refractivity contribution in [3.8, 4) is 5.75 Å². The number of carbonyl (C=O) groups is 2. The predicted molar refractivity (Wildman–Crippen MR) is 121 cm³/mol. The number of fused-ring (bicyclic) bond motifs is 1. The SMILES string of the molecule is Cc1ccc2c(c1)N(CC(=O)N(Cc1ccncc1)C[C@H]1CCCO1)C(=O)[C@H](C(C)C)O2. The molecule has 2 atom stereocenters. The first-order valence-electron chi connectivity index (χ1n) is 11.3. The van der Waals surface area contributed by atoms with Crippen LogP contribution in [-0.2, 0) is 20.9 Å². The van der Waals surface area contributed by atoms with E-state index in [-0.39, 0.29) is 30.4 Å². The molecule has 1 fully saturated rings. The molecular weight excluding hydrogens is 406 g/mol. The molecular formula is C25H31N3O4. The maximum Gasteiger partial charge on any atom is 0.268 e. The Morgan fingerprint density at radius 3 is 2.72 bits per heavy atom. The van der Waals surface area contributed by atoms with Crippen molar-refractivity contribution >= 4 is 17.5 Å². The van der Waals surface area contributed by atoms with Gasteiger partial charge in [-0.2, -0.15) is 0 Å². The fourth-order valence-corrected chi connectivity index (χ4v) is 4.21. The minimum atomic E-state index is -0.607. The van der Waals surface area contributed by atoms with Crippen molar-refractivity contribution in [1.29, 1.82) is 0 Å². The summed E-state index contributed by atoms with van der Waals surface area (Å²) in [5.74, 6) is 0.353. The van der Waals surface area contributed by atoms with Crippen LogP contribution in [0.3, 0.4) is 0 Å². The molecule has 0 N–H and O–H groups in total. The van der Waals surface area contributed by atoms with Crippen molar-refractivity contribution in [2.45, 2.75) is 52.4 Å². The lowest BCUT2D eigenvalue weighted by molar-refractivity contribution is -0.135. The summed E-state index contributed by atoms with van der Waals surface area (Å²) >= 11 is 0. The lowest BCUT2D eigenvalue weighted by Crippen LogP contribution is -2.52. The van der Waals surface area contributed by atoms with Crippen LogP contribution in [-0.4, -0.2) is 53.6 Å². The Balaban J connectivity index is 1.59. The Kier molecular flexibility index (Phi) is 6.74. The Hall–Kier alpha value is -2.93. The Labute approximate surface area is 189 Å². The van der Waals surface area contributed by atoms with Gasteiger partial charge in [0.2, 0.25) is 5.91 Å². The first-order chi connectivity index (χ1) is 15.4. The number of aryl methyl sites for hydroxylation is 1. The Bertz CT molecular complexity index is 957. The van der Waals surface area contributed by atoms with Gasteiger partial charge in [-0.15, -0.1) is 0 Å². The van der Waals surface area contributed by atoms with Gasteiger partial charge in [-0.25, -0.2) is 0 Å². The standard InChI is InChI=1S/C25H31N3O4/c1-17(2)24-25(30)28(21-13-18(3)6-7-22(21)32-24)16-23(29)27(15-20-5-4-12-31-20)14-19-8-10-26-11-9-19/h6-11,13,17,20,24H,4-5,12,14-16H2,1-3H3/t20-,24+/m1/s1. The Morgan fingerprint density at radius 1 is 1.25 bits per heavy atom. The molecule has 7 heteroatoms. The number of pyridine rings is 1.